The van der Waals surface area contributed by atoms with Crippen molar-refractivity contribution in [3.05, 3.63) is 70.8 Å². The van der Waals surface area contributed by atoms with Crippen molar-refractivity contribution in [2.75, 3.05) is 79.7 Å². The second kappa shape index (κ2) is 30.2. The molecule has 18 nitrogen and oxygen atoms in total. The largest absolute Gasteiger partial charge is 0.376 e. The molecule has 452 valence electrons. The lowest BCUT2D eigenvalue weighted by Crippen LogP contribution is -2.58. The first-order chi connectivity index (χ1) is 39.9. The van der Waals surface area contributed by atoms with E-state index >= 15 is 0 Å². The van der Waals surface area contributed by atoms with Crippen molar-refractivity contribution < 1.29 is 38.2 Å². The topological polar surface area (TPSA) is 206 Å². The third-order valence-corrected chi connectivity index (χ3v) is 19.5. The molecule has 3 saturated heterocycles. The minimum Gasteiger partial charge on any atom is -0.376 e. The summed E-state index contributed by atoms with van der Waals surface area (Å²) in [5.74, 6) is -1.08. The van der Waals surface area contributed by atoms with Crippen LogP contribution in [0.1, 0.15) is 164 Å². The Balaban J connectivity index is 0.751. The van der Waals surface area contributed by atoms with E-state index in [1.807, 2.05) is 24.3 Å². The molecule has 0 spiro atoms. The molecule has 9 rings (SSSR count). The summed E-state index contributed by atoms with van der Waals surface area (Å²) >= 11 is 0. The van der Waals surface area contributed by atoms with Crippen LogP contribution in [0.25, 0.3) is 0 Å². The maximum Gasteiger partial charge on any atom is 0.246 e. The summed E-state index contributed by atoms with van der Waals surface area (Å²) in [6.45, 7) is 10.8. The fourth-order valence-corrected chi connectivity index (χ4v) is 14.4. The van der Waals surface area contributed by atoms with E-state index in [1.165, 1.54) is 11.1 Å². The standard InChI is InChI=1S/C64H98N10O8/c1-43(65-3)59(75)69-57(47-21-7-5-8-22-47)63(79)73-41-49(39-55(73)61(77)67-53-29-15-25-45-19-11-13-27-51(45)53)81-37-17-31-71-33-35-72(36-34-71)32-18-38-82-50-40-56(62(78)68-54-30-16-26-46-20-12-14-28-52(46)54)74(42-50)64(80)58(48-23-9-6-10-24-48)70-60(76)44(2)66-4/h11-14,19-20,27-28,43-44,47-50,53-58,65-66H,5-10,15-18,21-26,29-42H2,1-4H3,(H,67,77)(H,68,78)(H,69,75)(H,70,76)/t43-,44-,49-,50-,53+,54+,55-,56-,57-,58-/m0/s1. The van der Waals surface area contributed by atoms with Crippen LogP contribution in [-0.2, 0) is 51.1 Å². The molecule has 0 bridgehead atoms. The predicted octanol–water partition coefficient (Wildman–Crippen LogP) is 5.09. The number of piperazine rings is 1. The number of hydrogen-bond donors (Lipinski definition) is 6. The number of likely N-dealkylation sites (tertiary alicyclic amines) is 2. The first-order valence-corrected chi connectivity index (χ1v) is 31.9. The molecule has 2 aromatic rings. The Morgan fingerprint density at radius 1 is 0.524 bits per heavy atom. The number of nitrogens with one attached hydrogen (secondary N) is 6. The van der Waals surface area contributed by atoms with Gasteiger partial charge in [-0.15, -0.1) is 0 Å². The highest BCUT2D eigenvalue weighted by molar-refractivity contribution is 5.95. The van der Waals surface area contributed by atoms with Crippen LogP contribution < -0.4 is 31.9 Å². The quantitative estimate of drug-likeness (QED) is 0.0762. The average molecular weight is 1140 g/mol. The van der Waals surface area contributed by atoms with Gasteiger partial charge in [0.2, 0.25) is 35.4 Å². The molecule has 7 aliphatic rings. The van der Waals surface area contributed by atoms with Gasteiger partial charge in [0.15, 0.2) is 0 Å². The van der Waals surface area contributed by atoms with Gasteiger partial charge < -0.3 is 61.0 Å². The number of rotatable bonds is 24. The first kappa shape index (κ1) is 61.6. The van der Waals surface area contributed by atoms with Gasteiger partial charge in [0.05, 0.1) is 36.4 Å². The highest BCUT2D eigenvalue weighted by atomic mass is 16.5. The Labute approximate surface area is 488 Å². The maximum atomic E-state index is 14.8. The fraction of sp³-hybridized carbons (Fsp3) is 0.719. The molecule has 6 N–H and O–H groups in total. The second-order valence-electron chi connectivity index (χ2n) is 25.0. The number of amides is 6. The maximum absolute atomic E-state index is 14.8. The predicted molar refractivity (Wildman–Crippen MR) is 316 cm³/mol. The van der Waals surface area contributed by atoms with Gasteiger partial charge in [-0.05, 0) is 139 Å². The highest BCUT2D eigenvalue weighted by Crippen LogP contribution is 2.35. The van der Waals surface area contributed by atoms with Gasteiger partial charge in [-0.25, -0.2) is 0 Å². The Hall–Kier alpha value is -4.98. The van der Waals surface area contributed by atoms with Crippen molar-refractivity contribution in [1.29, 1.82) is 0 Å². The van der Waals surface area contributed by atoms with E-state index in [4.69, 9.17) is 9.47 Å². The van der Waals surface area contributed by atoms with Gasteiger partial charge in [-0.1, -0.05) is 87.1 Å². The van der Waals surface area contributed by atoms with Gasteiger partial charge in [-0.3, -0.25) is 28.8 Å². The Morgan fingerprint density at radius 2 is 0.915 bits per heavy atom. The molecule has 10 atom stereocenters. The normalized spacial score (nSPS) is 26.2. The van der Waals surface area contributed by atoms with Crippen LogP contribution in [0.3, 0.4) is 0 Å². The minimum atomic E-state index is -0.702. The number of hydrogen-bond acceptors (Lipinski definition) is 12. The molecule has 0 unspecified atom stereocenters. The van der Waals surface area contributed by atoms with E-state index in [1.54, 1.807) is 37.7 Å². The summed E-state index contributed by atoms with van der Waals surface area (Å²) in [5.41, 5.74) is 4.82. The number of fused-ring (bicyclic) bond motifs is 2. The molecule has 4 aliphatic carbocycles. The molecule has 5 fully saturated rings. The average Bonchev–Trinajstić information content (AvgIpc) is 4.33. The van der Waals surface area contributed by atoms with Crippen LogP contribution in [0, 0.1) is 11.8 Å². The second-order valence-corrected chi connectivity index (χ2v) is 25.0. The third kappa shape index (κ3) is 15.9. The zero-order valence-corrected chi connectivity index (χ0v) is 49.8. The summed E-state index contributed by atoms with van der Waals surface area (Å²) < 4.78 is 13.1. The zero-order valence-electron chi connectivity index (χ0n) is 49.8. The number of likely N-dealkylation sites (N-methyl/N-ethyl adjacent to an activating group) is 2. The van der Waals surface area contributed by atoms with Crippen molar-refractivity contribution in [3.63, 3.8) is 0 Å². The zero-order chi connectivity index (χ0) is 57.5. The number of aryl methyl sites for hydroxylation is 2. The van der Waals surface area contributed by atoms with E-state index in [9.17, 15) is 28.8 Å². The summed E-state index contributed by atoms with van der Waals surface area (Å²) in [6.07, 6.45) is 17.3. The number of benzene rings is 2. The third-order valence-electron chi connectivity index (χ3n) is 19.5. The van der Waals surface area contributed by atoms with Crippen LogP contribution in [0.5, 0.6) is 0 Å². The molecule has 2 saturated carbocycles. The van der Waals surface area contributed by atoms with E-state index < -0.39 is 36.3 Å². The number of ether oxygens (including phenoxy) is 2. The number of nitrogens with zero attached hydrogens (tertiary/aromatic N) is 4. The monoisotopic (exact) mass is 1130 g/mol. The van der Waals surface area contributed by atoms with Gasteiger partial charge in [0.25, 0.3) is 0 Å². The van der Waals surface area contributed by atoms with E-state index in [0.29, 0.717) is 39.1 Å². The fourth-order valence-electron chi connectivity index (χ4n) is 14.4. The van der Waals surface area contributed by atoms with Gasteiger partial charge in [0.1, 0.15) is 24.2 Å². The highest BCUT2D eigenvalue weighted by Gasteiger charge is 2.47. The molecule has 3 heterocycles. The molecule has 2 aromatic carbocycles. The van der Waals surface area contributed by atoms with Crippen LogP contribution in [0.4, 0.5) is 0 Å². The molecular weight excluding hydrogens is 1040 g/mol. The Bertz CT molecular complexity index is 2280. The number of carbonyl (C=O) groups is 6. The summed E-state index contributed by atoms with van der Waals surface area (Å²) in [4.78, 5) is 93.6. The number of carbonyl (C=O) groups excluding carboxylic acids is 6. The first-order valence-electron chi connectivity index (χ1n) is 31.9. The summed E-state index contributed by atoms with van der Waals surface area (Å²) in [7, 11) is 3.48. The van der Waals surface area contributed by atoms with Crippen LogP contribution in [-0.4, -0.2) is 183 Å². The van der Waals surface area contributed by atoms with Crippen molar-refractivity contribution in [2.45, 2.75) is 203 Å². The lowest BCUT2D eigenvalue weighted by Gasteiger charge is -2.35. The molecule has 82 heavy (non-hydrogen) atoms. The van der Waals surface area contributed by atoms with Crippen molar-refractivity contribution in [2.24, 2.45) is 11.8 Å². The van der Waals surface area contributed by atoms with Crippen molar-refractivity contribution in [3.8, 4) is 0 Å². The molecule has 0 aromatic heterocycles. The van der Waals surface area contributed by atoms with Crippen LogP contribution in [0.15, 0.2) is 48.5 Å². The summed E-state index contributed by atoms with van der Waals surface area (Å²) in [6, 6.07) is 12.7. The SMILES string of the molecule is CN[C@@H](C)C(=O)N[C@H](C(=O)N1C[C@@H](OCCCN2CCN(CCCO[C@H]3C[C@@H](C(=O)N[C@@H]4CCCc5ccccc54)N(C(=O)[C@@H](NC(=O)[C@H](C)NC)C4CCCCC4)C3)CC2)C[C@H]1C(=O)N[C@@H]1CCCc2ccccc21)C1CCCCC1. The van der Waals surface area contributed by atoms with Gasteiger partial charge >= 0.3 is 0 Å². The molecular formula is C64H98N10O8. The lowest BCUT2D eigenvalue weighted by atomic mass is 9.83. The molecule has 18 heteroatoms. The summed E-state index contributed by atoms with van der Waals surface area (Å²) in [5, 5.41) is 19.0. The van der Waals surface area contributed by atoms with E-state index in [0.717, 1.165) is 166 Å². The lowest BCUT2D eigenvalue weighted by molar-refractivity contribution is -0.143. The molecule has 0 radical (unpaired) electrons. The van der Waals surface area contributed by atoms with Crippen LogP contribution in [0.2, 0.25) is 0 Å². The smallest absolute Gasteiger partial charge is 0.246 e. The molecule has 6 amide bonds. The van der Waals surface area contributed by atoms with Gasteiger partial charge in [0, 0.05) is 78.4 Å². The van der Waals surface area contributed by atoms with Gasteiger partial charge in [-0.2, -0.15) is 0 Å². The molecule has 3 aliphatic heterocycles. The van der Waals surface area contributed by atoms with Crippen molar-refractivity contribution >= 4 is 35.4 Å². The van der Waals surface area contributed by atoms with Crippen molar-refractivity contribution in [1.82, 2.24) is 51.5 Å². The van der Waals surface area contributed by atoms with Crippen LogP contribution >= 0.6 is 0 Å². The van der Waals surface area contributed by atoms with E-state index in [2.05, 4.69) is 66.0 Å². The van der Waals surface area contributed by atoms with E-state index in [-0.39, 0.29) is 71.6 Å². The Kier molecular flexibility index (Phi) is 22.7. The Morgan fingerprint density at radius 3 is 1.30 bits per heavy atom. The minimum absolute atomic E-state index is 0.0124.